The number of nitrogens with one attached hydrogen (secondary N) is 1. The van der Waals surface area contributed by atoms with Crippen LogP contribution in [0.3, 0.4) is 0 Å². The number of aliphatic hydroxyl groups is 1. The van der Waals surface area contributed by atoms with Crippen LogP contribution in [-0.2, 0) is 9.84 Å². The Morgan fingerprint density at radius 1 is 1.38 bits per heavy atom. The molecule has 6 heteroatoms. The van der Waals surface area contributed by atoms with Gasteiger partial charge in [0.1, 0.15) is 0 Å². The maximum atomic E-state index is 11.4. The van der Waals surface area contributed by atoms with Gasteiger partial charge in [-0.3, -0.25) is 4.90 Å². The van der Waals surface area contributed by atoms with Crippen molar-refractivity contribution in [3.05, 3.63) is 0 Å². The van der Waals surface area contributed by atoms with E-state index in [0.29, 0.717) is 6.04 Å². The second-order valence-electron chi connectivity index (χ2n) is 4.83. The van der Waals surface area contributed by atoms with E-state index in [1.54, 1.807) is 0 Å². The van der Waals surface area contributed by atoms with E-state index in [0.717, 1.165) is 25.9 Å². The molecular weight excluding hydrogens is 228 g/mol. The number of likely N-dealkylation sites (tertiary alicyclic amines) is 1. The molecule has 0 aromatic heterocycles. The van der Waals surface area contributed by atoms with E-state index < -0.39 is 15.9 Å². The molecule has 2 fully saturated rings. The molecular formula is C10H20N2O3S. The van der Waals surface area contributed by atoms with Crippen LogP contribution in [0.2, 0.25) is 0 Å². The molecule has 2 rings (SSSR count). The molecule has 0 aromatic rings. The summed E-state index contributed by atoms with van der Waals surface area (Å²) in [7, 11) is -1.10. The van der Waals surface area contributed by atoms with Gasteiger partial charge in [0.05, 0.1) is 23.7 Å². The Labute approximate surface area is 96.7 Å². The standard InChI is InChI=1S/C10H20N2O3S/c1-11-8-3-2-4-12(5-8)9-6-16(14,15)7-10(9)13/h8-11,13H,2-7H2,1H3. The summed E-state index contributed by atoms with van der Waals surface area (Å²) in [6.07, 6.45) is 1.48. The summed E-state index contributed by atoms with van der Waals surface area (Å²) in [4.78, 5) is 2.12. The largest absolute Gasteiger partial charge is 0.390 e. The first kappa shape index (κ1) is 12.3. The molecule has 0 spiro atoms. The lowest BCUT2D eigenvalue weighted by molar-refractivity contribution is 0.0616. The van der Waals surface area contributed by atoms with E-state index in [9.17, 15) is 13.5 Å². The summed E-state index contributed by atoms with van der Waals surface area (Å²) < 4.78 is 22.9. The summed E-state index contributed by atoms with van der Waals surface area (Å²) >= 11 is 0. The molecule has 0 saturated carbocycles. The van der Waals surface area contributed by atoms with Gasteiger partial charge in [0.2, 0.25) is 0 Å². The van der Waals surface area contributed by atoms with Crippen molar-refractivity contribution in [3.63, 3.8) is 0 Å². The van der Waals surface area contributed by atoms with Crippen LogP contribution < -0.4 is 5.32 Å². The van der Waals surface area contributed by atoms with E-state index in [1.165, 1.54) is 0 Å². The Kier molecular flexibility index (Phi) is 3.53. The molecule has 2 N–H and O–H groups in total. The third kappa shape index (κ3) is 2.56. The van der Waals surface area contributed by atoms with Crippen molar-refractivity contribution in [3.8, 4) is 0 Å². The quantitative estimate of drug-likeness (QED) is 0.644. The smallest absolute Gasteiger partial charge is 0.154 e. The van der Waals surface area contributed by atoms with Crippen LogP contribution in [0.5, 0.6) is 0 Å². The van der Waals surface area contributed by atoms with Crippen LogP contribution in [0, 0.1) is 0 Å². The zero-order valence-corrected chi connectivity index (χ0v) is 10.4. The highest BCUT2D eigenvalue weighted by molar-refractivity contribution is 7.91. The highest BCUT2D eigenvalue weighted by atomic mass is 32.2. The molecule has 3 atom stereocenters. The number of likely N-dealkylation sites (N-methyl/N-ethyl adjacent to an activating group) is 1. The summed E-state index contributed by atoms with van der Waals surface area (Å²) in [6.45, 7) is 1.74. The number of nitrogens with zero attached hydrogens (tertiary/aromatic N) is 1. The number of hydrogen-bond donors (Lipinski definition) is 2. The lowest BCUT2D eigenvalue weighted by Crippen LogP contribution is -2.52. The third-order valence-corrected chi connectivity index (χ3v) is 5.32. The van der Waals surface area contributed by atoms with E-state index in [2.05, 4.69) is 10.2 Å². The first-order chi connectivity index (χ1) is 7.52. The molecule has 2 aliphatic rings. The van der Waals surface area contributed by atoms with Crippen LogP contribution in [0.15, 0.2) is 0 Å². The van der Waals surface area contributed by atoms with E-state index >= 15 is 0 Å². The number of piperidine rings is 1. The molecule has 5 nitrogen and oxygen atoms in total. The molecule has 0 aromatic carbocycles. The van der Waals surface area contributed by atoms with Gasteiger partial charge >= 0.3 is 0 Å². The molecule has 2 heterocycles. The van der Waals surface area contributed by atoms with Crippen LogP contribution in [0.25, 0.3) is 0 Å². The van der Waals surface area contributed by atoms with Crippen LogP contribution >= 0.6 is 0 Å². The highest BCUT2D eigenvalue weighted by Gasteiger charge is 2.40. The van der Waals surface area contributed by atoms with Gasteiger partial charge in [0, 0.05) is 12.6 Å². The number of rotatable bonds is 2. The van der Waals surface area contributed by atoms with E-state index in [1.807, 2.05) is 7.05 Å². The minimum Gasteiger partial charge on any atom is -0.390 e. The van der Waals surface area contributed by atoms with E-state index in [-0.39, 0.29) is 17.5 Å². The molecule has 0 bridgehead atoms. The number of hydrogen-bond acceptors (Lipinski definition) is 5. The molecule has 0 amide bonds. The Morgan fingerprint density at radius 3 is 2.69 bits per heavy atom. The normalized spacial score (nSPS) is 40.0. The summed E-state index contributed by atoms with van der Waals surface area (Å²) in [5.74, 6) is 0.0446. The summed E-state index contributed by atoms with van der Waals surface area (Å²) in [5.41, 5.74) is 0. The molecule has 0 radical (unpaired) electrons. The first-order valence-electron chi connectivity index (χ1n) is 5.81. The van der Waals surface area contributed by atoms with Crippen molar-refractivity contribution >= 4 is 9.84 Å². The predicted octanol–water partition coefficient (Wildman–Crippen LogP) is -1.17. The van der Waals surface area contributed by atoms with Gasteiger partial charge in [-0.15, -0.1) is 0 Å². The second-order valence-corrected chi connectivity index (χ2v) is 6.99. The molecule has 2 saturated heterocycles. The van der Waals surface area contributed by atoms with Crippen molar-refractivity contribution in [2.24, 2.45) is 0 Å². The van der Waals surface area contributed by atoms with Gasteiger partial charge in [-0.05, 0) is 26.4 Å². The van der Waals surface area contributed by atoms with Crippen molar-refractivity contribution in [2.45, 2.75) is 31.0 Å². The Bertz CT molecular complexity index is 344. The minimum atomic E-state index is -3.03. The maximum Gasteiger partial charge on any atom is 0.154 e. The number of aliphatic hydroxyl groups excluding tert-OH is 1. The summed E-state index contributed by atoms with van der Waals surface area (Å²) in [6, 6.07) is 0.227. The predicted molar refractivity (Wildman–Crippen MR) is 62.1 cm³/mol. The van der Waals surface area contributed by atoms with Gasteiger partial charge in [0.15, 0.2) is 9.84 Å². The van der Waals surface area contributed by atoms with Crippen molar-refractivity contribution in [2.75, 3.05) is 31.6 Å². The highest BCUT2D eigenvalue weighted by Crippen LogP contribution is 2.22. The Morgan fingerprint density at radius 2 is 2.12 bits per heavy atom. The Hall–Kier alpha value is -0.170. The zero-order valence-electron chi connectivity index (χ0n) is 9.59. The molecule has 94 valence electrons. The topological polar surface area (TPSA) is 69.6 Å². The van der Waals surface area contributed by atoms with Crippen LogP contribution in [-0.4, -0.2) is 68.3 Å². The second kappa shape index (κ2) is 4.60. The average Bonchev–Trinajstić information content (AvgIpc) is 2.52. The third-order valence-electron chi connectivity index (χ3n) is 3.62. The zero-order chi connectivity index (χ0) is 11.8. The maximum absolute atomic E-state index is 11.4. The van der Waals surface area contributed by atoms with Crippen LogP contribution in [0.4, 0.5) is 0 Å². The lowest BCUT2D eigenvalue weighted by Gasteiger charge is -2.37. The van der Waals surface area contributed by atoms with Gasteiger partial charge in [-0.1, -0.05) is 0 Å². The van der Waals surface area contributed by atoms with Gasteiger partial charge in [-0.2, -0.15) is 0 Å². The monoisotopic (exact) mass is 248 g/mol. The van der Waals surface area contributed by atoms with Gasteiger partial charge in [0.25, 0.3) is 0 Å². The molecule has 16 heavy (non-hydrogen) atoms. The fourth-order valence-electron chi connectivity index (χ4n) is 2.70. The molecule has 3 unspecified atom stereocenters. The lowest BCUT2D eigenvalue weighted by atomic mass is 10.0. The number of sulfone groups is 1. The Balaban J connectivity index is 2.02. The van der Waals surface area contributed by atoms with Crippen molar-refractivity contribution < 1.29 is 13.5 Å². The average molecular weight is 248 g/mol. The fraction of sp³-hybridized carbons (Fsp3) is 1.00. The van der Waals surface area contributed by atoms with Gasteiger partial charge < -0.3 is 10.4 Å². The van der Waals surface area contributed by atoms with Gasteiger partial charge in [-0.25, -0.2) is 8.42 Å². The molecule has 2 aliphatic heterocycles. The summed E-state index contributed by atoms with van der Waals surface area (Å²) in [5, 5.41) is 13.0. The SMILES string of the molecule is CNC1CCCN(C2CS(=O)(=O)CC2O)C1. The van der Waals surface area contributed by atoms with Crippen molar-refractivity contribution in [1.82, 2.24) is 10.2 Å². The van der Waals surface area contributed by atoms with Crippen LogP contribution in [0.1, 0.15) is 12.8 Å². The fourth-order valence-corrected chi connectivity index (χ4v) is 4.53. The molecule has 0 aliphatic carbocycles. The minimum absolute atomic E-state index is 0.0710. The van der Waals surface area contributed by atoms with E-state index in [4.69, 9.17) is 0 Å². The first-order valence-corrected chi connectivity index (χ1v) is 7.64. The van der Waals surface area contributed by atoms with Crippen molar-refractivity contribution in [1.29, 1.82) is 0 Å².